The first kappa shape index (κ1) is 19.5. The largest absolute Gasteiger partial charge is 0.481 e. The number of nitrogens with one attached hydrogen (secondary N) is 1. The van der Waals surface area contributed by atoms with Gasteiger partial charge < -0.3 is 10.4 Å². The van der Waals surface area contributed by atoms with Gasteiger partial charge in [-0.2, -0.15) is 0 Å². The highest BCUT2D eigenvalue weighted by Crippen LogP contribution is 2.08. The molecule has 3 heteroatoms. The molecule has 0 atom stereocenters. The lowest BCUT2D eigenvalue weighted by Gasteiger charge is -1.98. The first-order valence-corrected chi connectivity index (χ1v) is 7.22. The van der Waals surface area contributed by atoms with Gasteiger partial charge in [0, 0.05) is 6.42 Å². The van der Waals surface area contributed by atoms with Gasteiger partial charge in [-0.25, -0.2) is 0 Å². The Morgan fingerprint density at radius 1 is 1.06 bits per heavy atom. The highest BCUT2D eigenvalue weighted by molar-refractivity contribution is 5.66. The summed E-state index contributed by atoms with van der Waals surface area (Å²) in [5.74, 6) is -0.674. The number of rotatable bonds is 11. The average Bonchev–Trinajstić information content (AvgIpc) is 2.34. The van der Waals surface area contributed by atoms with E-state index in [1.54, 1.807) is 0 Å². The zero-order chi connectivity index (χ0) is 14.1. The quantitative estimate of drug-likeness (QED) is 0.434. The van der Waals surface area contributed by atoms with Gasteiger partial charge in [0.15, 0.2) is 0 Å². The topological polar surface area (TPSA) is 49.3 Å². The van der Waals surface area contributed by atoms with Crippen LogP contribution in [0.1, 0.15) is 65.2 Å². The third-order valence-corrected chi connectivity index (χ3v) is 2.55. The van der Waals surface area contributed by atoms with Crippen molar-refractivity contribution >= 4 is 5.97 Å². The summed E-state index contributed by atoms with van der Waals surface area (Å²) in [5.41, 5.74) is 0. The van der Waals surface area contributed by atoms with Gasteiger partial charge in [-0.05, 0) is 32.4 Å². The van der Waals surface area contributed by atoms with Crippen LogP contribution in [0.4, 0.5) is 0 Å². The Balaban J connectivity index is 0. The van der Waals surface area contributed by atoms with Crippen LogP contribution in [0.3, 0.4) is 0 Å². The summed E-state index contributed by atoms with van der Waals surface area (Å²) >= 11 is 0. The summed E-state index contributed by atoms with van der Waals surface area (Å²) in [5, 5.41) is 11.5. The van der Waals surface area contributed by atoms with Crippen molar-refractivity contribution in [2.24, 2.45) is 0 Å². The standard InChI is InChI=1S/C11H20O2.C4H11N/c1-2-3-4-5-6-7-8-9-10-11(12)13;1-3-5-4-2/h2H,1,3-10H2,(H,12,13);5H,3-4H2,1-2H3. The summed E-state index contributed by atoms with van der Waals surface area (Å²) in [6, 6.07) is 0. The zero-order valence-corrected chi connectivity index (χ0v) is 12.2. The van der Waals surface area contributed by atoms with Crippen molar-refractivity contribution in [2.45, 2.75) is 65.2 Å². The van der Waals surface area contributed by atoms with E-state index in [0.717, 1.165) is 32.4 Å². The number of hydrogen-bond donors (Lipinski definition) is 2. The Morgan fingerprint density at radius 2 is 1.56 bits per heavy atom. The smallest absolute Gasteiger partial charge is 0.303 e. The van der Waals surface area contributed by atoms with Crippen LogP contribution in [-0.4, -0.2) is 24.2 Å². The van der Waals surface area contributed by atoms with E-state index in [1.807, 2.05) is 6.08 Å². The van der Waals surface area contributed by atoms with E-state index in [2.05, 4.69) is 25.7 Å². The Bertz CT molecular complexity index is 179. The fourth-order valence-electron chi connectivity index (χ4n) is 1.52. The van der Waals surface area contributed by atoms with E-state index in [0.29, 0.717) is 6.42 Å². The molecule has 2 N–H and O–H groups in total. The molecule has 0 fully saturated rings. The van der Waals surface area contributed by atoms with Gasteiger partial charge in [-0.1, -0.05) is 45.6 Å². The van der Waals surface area contributed by atoms with E-state index in [4.69, 9.17) is 5.11 Å². The van der Waals surface area contributed by atoms with Crippen LogP contribution >= 0.6 is 0 Å². The van der Waals surface area contributed by atoms with Gasteiger partial charge >= 0.3 is 5.97 Å². The predicted octanol–water partition coefficient (Wildman–Crippen LogP) is 3.99. The van der Waals surface area contributed by atoms with Crippen molar-refractivity contribution < 1.29 is 9.90 Å². The molecule has 0 rings (SSSR count). The van der Waals surface area contributed by atoms with E-state index in [-0.39, 0.29) is 0 Å². The highest BCUT2D eigenvalue weighted by atomic mass is 16.4. The minimum absolute atomic E-state index is 0.326. The molecule has 0 unspecified atom stereocenters. The molecule has 0 saturated carbocycles. The van der Waals surface area contributed by atoms with Gasteiger partial charge in [-0.3, -0.25) is 4.79 Å². The first-order chi connectivity index (χ1) is 8.68. The lowest BCUT2D eigenvalue weighted by atomic mass is 10.1. The Hall–Kier alpha value is -0.830. The van der Waals surface area contributed by atoms with Gasteiger partial charge in [0.05, 0.1) is 0 Å². The van der Waals surface area contributed by atoms with Crippen LogP contribution < -0.4 is 5.32 Å². The second-order valence-corrected chi connectivity index (χ2v) is 4.30. The van der Waals surface area contributed by atoms with Crippen molar-refractivity contribution in [3.63, 3.8) is 0 Å². The molecule has 0 aliphatic rings. The zero-order valence-electron chi connectivity index (χ0n) is 12.2. The lowest BCUT2D eigenvalue weighted by Crippen LogP contribution is -2.09. The van der Waals surface area contributed by atoms with Crippen molar-refractivity contribution in [1.82, 2.24) is 5.32 Å². The molecule has 0 saturated heterocycles. The molecule has 0 bridgehead atoms. The van der Waals surface area contributed by atoms with Crippen LogP contribution in [0, 0.1) is 0 Å². The Labute approximate surface area is 113 Å². The fraction of sp³-hybridized carbons (Fsp3) is 0.800. The molecule has 0 aromatic carbocycles. The van der Waals surface area contributed by atoms with Crippen LogP contribution in [-0.2, 0) is 4.79 Å². The molecule has 0 amide bonds. The molecule has 0 aromatic rings. The molecule has 0 aliphatic carbocycles. The van der Waals surface area contributed by atoms with Gasteiger partial charge in [0.25, 0.3) is 0 Å². The van der Waals surface area contributed by atoms with Gasteiger partial charge in [0.1, 0.15) is 0 Å². The Kier molecular flexibility index (Phi) is 20.1. The van der Waals surface area contributed by atoms with E-state index in [1.165, 1.54) is 25.7 Å². The number of allylic oxidation sites excluding steroid dienone is 1. The van der Waals surface area contributed by atoms with E-state index < -0.39 is 5.97 Å². The van der Waals surface area contributed by atoms with E-state index in [9.17, 15) is 4.79 Å². The van der Waals surface area contributed by atoms with Crippen LogP contribution in [0.25, 0.3) is 0 Å². The molecule has 0 radical (unpaired) electrons. The van der Waals surface area contributed by atoms with Crippen molar-refractivity contribution in [3.05, 3.63) is 12.7 Å². The Morgan fingerprint density at radius 3 is 1.94 bits per heavy atom. The SMILES string of the molecule is C=CCCCCCCCCC(=O)O.CCNCC. The number of unbranched alkanes of at least 4 members (excludes halogenated alkanes) is 6. The number of carboxylic acids is 1. The minimum atomic E-state index is -0.674. The van der Waals surface area contributed by atoms with Crippen molar-refractivity contribution in [2.75, 3.05) is 13.1 Å². The van der Waals surface area contributed by atoms with Crippen molar-refractivity contribution in [1.29, 1.82) is 0 Å². The number of hydrogen-bond acceptors (Lipinski definition) is 2. The molecule has 18 heavy (non-hydrogen) atoms. The summed E-state index contributed by atoms with van der Waals surface area (Å²) in [6.45, 7) is 10.1. The third kappa shape index (κ3) is 24.4. The monoisotopic (exact) mass is 257 g/mol. The molecular weight excluding hydrogens is 226 g/mol. The minimum Gasteiger partial charge on any atom is -0.481 e. The summed E-state index contributed by atoms with van der Waals surface area (Å²) < 4.78 is 0. The molecule has 0 spiro atoms. The molecular formula is C15H31NO2. The molecule has 0 heterocycles. The molecule has 108 valence electrons. The normalized spacial score (nSPS) is 9.44. The highest BCUT2D eigenvalue weighted by Gasteiger charge is 1.95. The maximum absolute atomic E-state index is 10.2. The first-order valence-electron chi connectivity index (χ1n) is 7.22. The van der Waals surface area contributed by atoms with Crippen molar-refractivity contribution in [3.8, 4) is 0 Å². The second-order valence-electron chi connectivity index (χ2n) is 4.30. The maximum Gasteiger partial charge on any atom is 0.303 e. The fourth-order valence-corrected chi connectivity index (χ4v) is 1.52. The van der Waals surface area contributed by atoms with Gasteiger partial charge in [-0.15, -0.1) is 6.58 Å². The summed E-state index contributed by atoms with van der Waals surface area (Å²) in [4.78, 5) is 10.2. The average molecular weight is 257 g/mol. The van der Waals surface area contributed by atoms with E-state index >= 15 is 0 Å². The second kappa shape index (κ2) is 18.5. The number of carbonyl (C=O) groups is 1. The number of carboxylic acid groups (broad SMARTS) is 1. The van der Waals surface area contributed by atoms with Crippen LogP contribution in [0.15, 0.2) is 12.7 Å². The van der Waals surface area contributed by atoms with Crippen LogP contribution in [0.5, 0.6) is 0 Å². The lowest BCUT2D eigenvalue weighted by molar-refractivity contribution is -0.137. The summed E-state index contributed by atoms with van der Waals surface area (Å²) in [7, 11) is 0. The third-order valence-electron chi connectivity index (χ3n) is 2.55. The molecule has 3 nitrogen and oxygen atoms in total. The summed E-state index contributed by atoms with van der Waals surface area (Å²) in [6.07, 6.45) is 10.1. The molecule has 0 aromatic heterocycles. The van der Waals surface area contributed by atoms with Gasteiger partial charge in [0.2, 0.25) is 0 Å². The number of aliphatic carboxylic acids is 1. The molecule has 0 aliphatic heterocycles. The maximum atomic E-state index is 10.2. The predicted molar refractivity (Wildman–Crippen MR) is 79.0 cm³/mol. The van der Waals surface area contributed by atoms with Crippen LogP contribution in [0.2, 0.25) is 0 Å².